The van der Waals surface area contributed by atoms with Crippen molar-refractivity contribution in [2.24, 2.45) is 0 Å². The second-order valence-corrected chi connectivity index (χ2v) is 8.98. The number of ether oxygens (including phenoxy) is 1. The highest BCUT2D eigenvalue weighted by atomic mass is 32.2. The number of fused-ring (bicyclic) bond motifs is 1. The fourth-order valence-corrected chi connectivity index (χ4v) is 4.85. The lowest BCUT2D eigenvalue weighted by molar-refractivity contribution is -0.123. The van der Waals surface area contributed by atoms with E-state index in [1.165, 1.54) is 18.2 Å². The molecule has 29 heavy (non-hydrogen) atoms. The van der Waals surface area contributed by atoms with E-state index in [1.807, 2.05) is 0 Å². The van der Waals surface area contributed by atoms with E-state index in [4.69, 9.17) is 9.26 Å². The second-order valence-electron chi connectivity index (χ2n) is 6.75. The molecule has 0 bridgehead atoms. The Labute approximate surface area is 165 Å². The van der Waals surface area contributed by atoms with Gasteiger partial charge in [-0.25, -0.2) is 12.8 Å². The molecule has 1 fully saturated rings. The van der Waals surface area contributed by atoms with E-state index in [2.05, 4.69) is 20.4 Å². The van der Waals surface area contributed by atoms with Gasteiger partial charge in [0.25, 0.3) is 11.6 Å². The third-order valence-corrected chi connectivity index (χ3v) is 6.22. The number of sulfone groups is 1. The molecule has 152 valence electrons. The monoisotopic (exact) mass is 420 g/mol. The molecule has 4 rings (SSSR count). The lowest BCUT2D eigenvalue weighted by Crippen LogP contribution is -2.38. The fraction of sp³-hybridized carbons (Fsp3) is 0.333. The van der Waals surface area contributed by atoms with Gasteiger partial charge in [0.15, 0.2) is 16.4 Å². The predicted molar refractivity (Wildman–Crippen MR) is 100 cm³/mol. The zero-order chi connectivity index (χ0) is 20.6. The third-order valence-electron chi connectivity index (χ3n) is 4.45. The topological polar surface area (TPSA) is 124 Å². The number of aryl methyl sites for hydroxylation is 1. The molecule has 2 aromatic heterocycles. The average molecular weight is 420 g/mol. The van der Waals surface area contributed by atoms with Crippen LogP contribution in [0.15, 0.2) is 28.8 Å². The van der Waals surface area contributed by atoms with Gasteiger partial charge in [-0.05, 0) is 25.5 Å². The van der Waals surface area contributed by atoms with Crippen LogP contribution in [-0.4, -0.2) is 53.6 Å². The van der Waals surface area contributed by atoms with Crippen LogP contribution in [0.1, 0.15) is 12.2 Å². The summed E-state index contributed by atoms with van der Waals surface area (Å²) in [5, 5.41) is 6.90. The van der Waals surface area contributed by atoms with Gasteiger partial charge in [0, 0.05) is 11.6 Å². The van der Waals surface area contributed by atoms with Crippen molar-refractivity contribution < 1.29 is 26.9 Å². The molecule has 1 aliphatic heterocycles. The number of rotatable bonds is 5. The van der Waals surface area contributed by atoms with Gasteiger partial charge in [-0.2, -0.15) is 9.97 Å². The molecule has 0 unspecified atom stereocenters. The van der Waals surface area contributed by atoms with Gasteiger partial charge >= 0.3 is 0 Å². The van der Waals surface area contributed by atoms with Crippen LogP contribution in [0, 0.1) is 12.7 Å². The first-order valence-corrected chi connectivity index (χ1v) is 10.7. The summed E-state index contributed by atoms with van der Waals surface area (Å²) >= 11 is 0. The Balaban J connectivity index is 1.57. The van der Waals surface area contributed by atoms with Crippen molar-refractivity contribution in [2.45, 2.75) is 19.4 Å². The van der Waals surface area contributed by atoms with Crippen LogP contribution in [0.25, 0.3) is 22.4 Å². The Kier molecular flexibility index (Phi) is 4.91. The first kappa shape index (κ1) is 19.2. The molecule has 1 atom stereocenters. The maximum absolute atomic E-state index is 13.6. The summed E-state index contributed by atoms with van der Waals surface area (Å²) in [5.41, 5.74) is 0.882. The lowest BCUT2D eigenvalue weighted by atomic mass is 10.1. The zero-order valence-electron chi connectivity index (χ0n) is 15.4. The minimum absolute atomic E-state index is 0.0578. The number of amides is 1. The largest absolute Gasteiger partial charge is 0.467 e. The first-order chi connectivity index (χ1) is 13.8. The van der Waals surface area contributed by atoms with E-state index >= 15 is 0 Å². The Morgan fingerprint density at radius 3 is 2.93 bits per heavy atom. The number of nitrogens with one attached hydrogen (secondary N) is 1. The van der Waals surface area contributed by atoms with Crippen LogP contribution >= 0.6 is 0 Å². The quantitative estimate of drug-likeness (QED) is 0.657. The standard InChI is InChI=1S/C18H17FN4O5S/c1-10-20-17(27-8-14(24)22-13-5-6-29(25,26)9-13)15-16(23-28-18(15)21-10)11-3-2-4-12(19)7-11/h2-4,7,13H,5-6,8-9H2,1H3,(H,22,24)/t13-/m1/s1. The number of halogens is 1. The lowest BCUT2D eigenvalue weighted by Gasteiger charge is -2.12. The number of benzene rings is 1. The fourth-order valence-electron chi connectivity index (χ4n) is 3.17. The Bertz CT molecular complexity index is 1190. The van der Waals surface area contributed by atoms with Gasteiger partial charge in [0.1, 0.15) is 22.7 Å². The molecule has 0 radical (unpaired) electrons. The summed E-state index contributed by atoms with van der Waals surface area (Å²) in [5.74, 6) is -0.521. The number of hydrogen-bond donors (Lipinski definition) is 1. The van der Waals surface area contributed by atoms with E-state index in [-0.39, 0.29) is 35.4 Å². The van der Waals surface area contributed by atoms with Crippen molar-refractivity contribution in [3.05, 3.63) is 35.9 Å². The van der Waals surface area contributed by atoms with Gasteiger partial charge in [-0.3, -0.25) is 4.79 Å². The minimum Gasteiger partial charge on any atom is -0.467 e. The molecule has 1 N–H and O–H groups in total. The second kappa shape index (κ2) is 7.39. The first-order valence-electron chi connectivity index (χ1n) is 8.83. The average Bonchev–Trinajstić information content (AvgIpc) is 3.22. The Hall–Kier alpha value is -3.08. The van der Waals surface area contributed by atoms with Crippen LogP contribution in [0.2, 0.25) is 0 Å². The van der Waals surface area contributed by atoms with Crippen molar-refractivity contribution in [3.8, 4) is 17.1 Å². The highest BCUT2D eigenvalue weighted by molar-refractivity contribution is 7.91. The number of hydrogen-bond acceptors (Lipinski definition) is 8. The highest BCUT2D eigenvalue weighted by Gasteiger charge is 2.29. The van der Waals surface area contributed by atoms with E-state index in [0.29, 0.717) is 23.2 Å². The van der Waals surface area contributed by atoms with Gasteiger partial charge in [0.2, 0.25) is 5.88 Å². The molecule has 9 nitrogen and oxygen atoms in total. The molecule has 1 saturated heterocycles. The number of carbonyl (C=O) groups is 1. The van der Waals surface area contributed by atoms with Crippen LogP contribution in [0.3, 0.4) is 0 Å². The van der Waals surface area contributed by atoms with Crippen LogP contribution < -0.4 is 10.1 Å². The summed E-state index contributed by atoms with van der Waals surface area (Å²) in [6.07, 6.45) is 0.375. The van der Waals surface area contributed by atoms with Crippen molar-refractivity contribution in [1.29, 1.82) is 0 Å². The maximum atomic E-state index is 13.6. The SMILES string of the molecule is Cc1nc(OCC(=O)N[C@@H]2CCS(=O)(=O)C2)c2c(-c3cccc(F)c3)noc2n1. The van der Waals surface area contributed by atoms with E-state index in [9.17, 15) is 17.6 Å². The van der Waals surface area contributed by atoms with Gasteiger partial charge < -0.3 is 14.6 Å². The van der Waals surface area contributed by atoms with Gasteiger partial charge in [0.05, 0.1) is 11.5 Å². The minimum atomic E-state index is -3.10. The zero-order valence-corrected chi connectivity index (χ0v) is 16.2. The summed E-state index contributed by atoms with van der Waals surface area (Å²) in [4.78, 5) is 20.5. The number of carbonyl (C=O) groups excluding carboxylic acids is 1. The van der Waals surface area contributed by atoms with E-state index in [1.54, 1.807) is 13.0 Å². The molecular weight excluding hydrogens is 403 g/mol. The van der Waals surface area contributed by atoms with E-state index < -0.39 is 27.6 Å². The smallest absolute Gasteiger partial charge is 0.265 e. The molecule has 0 spiro atoms. The van der Waals surface area contributed by atoms with Gasteiger partial charge in [-0.15, -0.1) is 0 Å². The highest BCUT2D eigenvalue weighted by Crippen LogP contribution is 2.33. The summed E-state index contributed by atoms with van der Waals surface area (Å²) in [7, 11) is -3.10. The van der Waals surface area contributed by atoms with Gasteiger partial charge in [-0.1, -0.05) is 17.3 Å². The van der Waals surface area contributed by atoms with Crippen LogP contribution in [0.4, 0.5) is 4.39 Å². The molecule has 3 heterocycles. The van der Waals surface area contributed by atoms with Crippen molar-refractivity contribution in [3.63, 3.8) is 0 Å². The van der Waals surface area contributed by atoms with Crippen LogP contribution in [0.5, 0.6) is 5.88 Å². The Morgan fingerprint density at radius 1 is 1.38 bits per heavy atom. The maximum Gasteiger partial charge on any atom is 0.265 e. The van der Waals surface area contributed by atoms with Crippen LogP contribution in [-0.2, 0) is 14.6 Å². The molecule has 1 aliphatic rings. The third kappa shape index (κ3) is 4.19. The van der Waals surface area contributed by atoms with Crippen molar-refractivity contribution >= 4 is 26.8 Å². The molecule has 3 aromatic rings. The molecule has 1 aromatic carbocycles. The molecule has 0 aliphatic carbocycles. The number of nitrogens with zero attached hydrogens (tertiary/aromatic N) is 3. The van der Waals surface area contributed by atoms with Crippen molar-refractivity contribution in [1.82, 2.24) is 20.4 Å². The summed E-state index contributed by atoms with van der Waals surface area (Å²) in [6, 6.07) is 5.34. The van der Waals surface area contributed by atoms with E-state index in [0.717, 1.165) is 0 Å². The summed E-state index contributed by atoms with van der Waals surface area (Å²) in [6.45, 7) is 1.25. The normalized spacial score (nSPS) is 18.1. The molecule has 1 amide bonds. The molecule has 11 heteroatoms. The summed E-state index contributed by atoms with van der Waals surface area (Å²) < 4.78 is 47.4. The Morgan fingerprint density at radius 2 is 2.21 bits per heavy atom. The van der Waals surface area contributed by atoms with Crippen molar-refractivity contribution in [2.75, 3.05) is 18.1 Å². The predicted octanol–water partition coefficient (Wildman–Crippen LogP) is 1.41. The molecule has 0 saturated carbocycles. The number of aromatic nitrogens is 3. The molecular formula is C18H17FN4O5S.